The van der Waals surface area contributed by atoms with E-state index in [1.165, 1.54) is 12.8 Å². The largest absolute Gasteiger partial charge is 0.326 e. The minimum absolute atomic E-state index is 0.265. The molecule has 0 aromatic heterocycles. The third-order valence-corrected chi connectivity index (χ3v) is 3.98. The van der Waals surface area contributed by atoms with Crippen molar-refractivity contribution in [3.8, 4) is 0 Å². The van der Waals surface area contributed by atoms with Crippen LogP contribution in [0.15, 0.2) is 4.99 Å². The van der Waals surface area contributed by atoms with E-state index in [0.29, 0.717) is 6.54 Å². The zero-order chi connectivity index (χ0) is 15.9. The molecule has 0 aliphatic rings. The zero-order valence-corrected chi connectivity index (χ0v) is 14.2. The molecule has 0 rings (SSSR count). The summed E-state index contributed by atoms with van der Waals surface area (Å²) in [6.07, 6.45) is 11.0. The van der Waals surface area contributed by atoms with Gasteiger partial charge >= 0.3 is 5.37 Å². The topological polar surface area (TPSA) is 49.7 Å². The quantitative estimate of drug-likeness (QED) is 0.159. The van der Waals surface area contributed by atoms with Gasteiger partial charge in [0.2, 0.25) is 6.08 Å². The van der Waals surface area contributed by atoms with Gasteiger partial charge in [0, 0.05) is 12.6 Å². The number of nitrogens with zero attached hydrogens (tertiary/aromatic N) is 2. The summed E-state index contributed by atoms with van der Waals surface area (Å²) in [6, 6.07) is 0.265. The highest BCUT2D eigenvalue weighted by molar-refractivity contribution is 6.62. The predicted molar refractivity (Wildman–Crippen MR) is 87.6 cm³/mol. The summed E-state index contributed by atoms with van der Waals surface area (Å²) >= 11 is 5.74. The van der Waals surface area contributed by atoms with Gasteiger partial charge in [-0.25, -0.2) is 9.79 Å². The standard InChI is InChI=1S/C16H29ClN2O2/c1-3-5-8-11-15(4-2)19(16(17)21)13-10-7-6-9-12-18-14-20/h15H,3-13H2,1-2H3. The second-order valence-corrected chi connectivity index (χ2v) is 5.71. The molecular weight excluding hydrogens is 288 g/mol. The summed E-state index contributed by atoms with van der Waals surface area (Å²) in [4.78, 5) is 26.9. The highest BCUT2D eigenvalue weighted by atomic mass is 35.5. The van der Waals surface area contributed by atoms with Crippen LogP contribution in [0.5, 0.6) is 0 Å². The first-order valence-electron chi connectivity index (χ1n) is 8.17. The van der Waals surface area contributed by atoms with E-state index in [4.69, 9.17) is 11.6 Å². The molecule has 5 heteroatoms. The molecule has 0 aromatic carbocycles. The van der Waals surface area contributed by atoms with Crippen molar-refractivity contribution in [2.24, 2.45) is 4.99 Å². The van der Waals surface area contributed by atoms with Crippen LogP contribution in [0.25, 0.3) is 0 Å². The molecule has 0 saturated carbocycles. The third kappa shape index (κ3) is 10.5. The Morgan fingerprint density at radius 1 is 1.14 bits per heavy atom. The van der Waals surface area contributed by atoms with Gasteiger partial charge in [0.25, 0.3) is 0 Å². The molecule has 0 saturated heterocycles. The molecule has 0 radical (unpaired) electrons. The van der Waals surface area contributed by atoms with Crippen molar-refractivity contribution in [2.75, 3.05) is 13.1 Å². The van der Waals surface area contributed by atoms with Gasteiger partial charge in [0.1, 0.15) is 0 Å². The number of halogens is 1. The molecule has 0 aromatic rings. The van der Waals surface area contributed by atoms with Gasteiger partial charge in [-0.3, -0.25) is 4.79 Å². The van der Waals surface area contributed by atoms with Crippen LogP contribution in [0.3, 0.4) is 0 Å². The number of unbranched alkanes of at least 4 members (excludes halogenated alkanes) is 5. The lowest BCUT2D eigenvalue weighted by atomic mass is 10.0. The fourth-order valence-electron chi connectivity index (χ4n) is 2.50. The molecule has 0 aliphatic heterocycles. The molecule has 0 aliphatic carbocycles. The van der Waals surface area contributed by atoms with Gasteiger partial charge in [-0.05, 0) is 37.3 Å². The van der Waals surface area contributed by atoms with E-state index < -0.39 is 0 Å². The Bertz CT molecular complexity index is 317. The number of isocyanates is 1. The van der Waals surface area contributed by atoms with Gasteiger partial charge in [-0.1, -0.05) is 46.0 Å². The molecule has 4 nitrogen and oxygen atoms in total. The molecule has 0 N–H and O–H groups in total. The maximum atomic E-state index is 11.6. The average molecular weight is 317 g/mol. The van der Waals surface area contributed by atoms with Crippen LogP contribution in [0.1, 0.15) is 71.6 Å². The first kappa shape index (κ1) is 20.1. The minimum atomic E-state index is -0.330. The Hall–Kier alpha value is -0.860. The molecule has 1 unspecified atom stereocenters. The number of amides is 1. The van der Waals surface area contributed by atoms with Crippen LogP contribution < -0.4 is 0 Å². The molecular formula is C16H29ClN2O2. The maximum Gasteiger partial charge on any atom is 0.316 e. The van der Waals surface area contributed by atoms with Gasteiger partial charge in [-0.2, -0.15) is 0 Å². The molecule has 0 heterocycles. The molecule has 0 spiro atoms. The predicted octanol–water partition coefficient (Wildman–Crippen LogP) is 4.90. The number of aliphatic imine (C=N–C) groups is 1. The molecule has 1 atom stereocenters. The first-order valence-corrected chi connectivity index (χ1v) is 8.54. The van der Waals surface area contributed by atoms with E-state index in [0.717, 1.165) is 51.5 Å². The molecule has 0 fully saturated rings. The fourth-order valence-corrected chi connectivity index (χ4v) is 2.72. The summed E-state index contributed by atoms with van der Waals surface area (Å²) in [5, 5.41) is -0.330. The van der Waals surface area contributed by atoms with Gasteiger partial charge in [0.15, 0.2) is 0 Å². The van der Waals surface area contributed by atoms with Crippen molar-refractivity contribution >= 4 is 23.0 Å². The van der Waals surface area contributed by atoms with E-state index in [2.05, 4.69) is 18.8 Å². The van der Waals surface area contributed by atoms with E-state index >= 15 is 0 Å². The highest BCUT2D eigenvalue weighted by Crippen LogP contribution is 2.17. The Morgan fingerprint density at radius 3 is 2.43 bits per heavy atom. The van der Waals surface area contributed by atoms with Crippen LogP contribution in [0.4, 0.5) is 4.79 Å². The Balaban J connectivity index is 4.03. The summed E-state index contributed by atoms with van der Waals surface area (Å²) in [5.41, 5.74) is 0. The zero-order valence-electron chi connectivity index (χ0n) is 13.4. The molecule has 1 amide bonds. The van der Waals surface area contributed by atoms with Crippen molar-refractivity contribution in [1.82, 2.24) is 4.90 Å². The number of carbonyl (C=O) groups excluding carboxylic acids is 2. The number of rotatable bonds is 13. The average Bonchev–Trinajstić information content (AvgIpc) is 2.47. The lowest BCUT2D eigenvalue weighted by Gasteiger charge is -2.29. The third-order valence-electron chi connectivity index (χ3n) is 3.76. The SMILES string of the molecule is CCCCCC(CC)N(CCCCCCN=C=O)C(=O)Cl. The van der Waals surface area contributed by atoms with Crippen LogP contribution in [0, 0.1) is 0 Å². The Kier molecular flexibility index (Phi) is 13.5. The van der Waals surface area contributed by atoms with E-state index in [1.54, 1.807) is 6.08 Å². The number of hydrogen-bond donors (Lipinski definition) is 0. The van der Waals surface area contributed by atoms with Gasteiger partial charge in [-0.15, -0.1) is 0 Å². The number of hydrogen-bond acceptors (Lipinski definition) is 3. The van der Waals surface area contributed by atoms with Crippen LogP contribution >= 0.6 is 11.6 Å². The van der Waals surface area contributed by atoms with Crippen LogP contribution in [-0.2, 0) is 4.79 Å². The summed E-state index contributed by atoms with van der Waals surface area (Å²) in [7, 11) is 0. The Labute approximate surface area is 133 Å². The molecule has 0 bridgehead atoms. The number of carbonyl (C=O) groups is 1. The molecule has 122 valence electrons. The summed E-state index contributed by atoms with van der Waals surface area (Å²) in [6.45, 7) is 5.57. The normalized spacial score (nSPS) is 11.8. The van der Waals surface area contributed by atoms with Crippen molar-refractivity contribution in [1.29, 1.82) is 0 Å². The Morgan fingerprint density at radius 2 is 1.86 bits per heavy atom. The van der Waals surface area contributed by atoms with E-state index in [-0.39, 0.29) is 11.4 Å². The first-order chi connectivity index (χ1) is 10.2. The second kappa shape index (κ2) is 14.1. The van der Waals surface area contributed by atoms with Crippen molar-refractivity contribution < 1.29 is 9.59 Å². The lowest BCUT2D eigenvalue weighted by Crippen LogP contribution is -2.37. The van der Waals surface area contributed by atoms with Crippen LogP contribution in [0.2, 0.25) is 0 Å². The van der Waals surface area contributed by atoms with Crippen LogP contribution in [-0.4, -0.2) is 35.5 Å². The van der Waals surface area contributed by atoms with E-state index in [9.17, 15) is 9.59 Å². The van der Waals surface area contributed by atoms with Crippen molar-refractivity contribution in [3.63, 3.8) is 0 Å². The van der Waals surface area contributed by atoms with Crippen molar-refractivity contribution in [3.05, 3.63) is 0 Å². The minimum Gasteiger partial charge on any atom is -0.326 e. The van der Waals surface area contributed by atoms with Gasteiger partial charge < -0.3 is 4.90 Å². The van der Waals surface area contributed by atoms with E-state index in [1.807, 2.05) is 4.90 Å². The molecule has 21 heavy (non-hydrogen) atoms. The summed E-state index contributed by atoms with van der Waals surface area (Å²) < 4.78 is 0. The van der Waals surface area contributed by atoms with Gasteiger partial charge in [0.05, 0.1) is 6.54 Å². The highest BCUT2D eigenvalue weighted by Gasteiger charge is 2.19. The van der Waals surface area contributed by atoms with Crippen molar-refractivity contribution in [2.45, 2.75) is 77.7 Å². The lowest BCUT2D eigenvalue weighted by molar-refractivity contribution is 0.187. The second-order valence-electron chi connectivity index (χ2n) is 5.39. The summed E-state index contributed by atoms with van der Waals surface area (Å²) in [5.74, 6) is 0. The fraction of sp³-hybridized carbons (Fsp3) is 0.875. The maximum absolute atomic E-state index is 11.6. The smallest absolute Gasteiger partial charge is 0.316 e. The monoisotopic (exact) mass is 316 g/mol.